The molecular weight excluding hydrogens is 172 g/mol. The van der Waals surface area contributed by atoms with Crippen molar-refractivity contribution in [2.45, 2.75) is 25.7 Å². The molecule has 0 fully saturated rings. The predicted molar refractivity (Wildman–Crippen MR) is 57.9 cm³/mol. The van der Waals surface area contributed by atoms with Crippen molar-refractivity contribution in [3.8, 4) is 12.3 Å². The standard InChI is InChI=1S/C13H14O/c1-3-8-13(14)12(4-2)11-9-6-5-7-10-11/h1,5-7,9-10,12H,4,8H2,2H3. The van der Waals surface area contributed by atoms with E-state index >= 15 is 0 Å². The summed E-state index contributed by atoms with van der Waals surface area (Å²) in [7, 11) is 0. The number of carbonyl (C=O) groups excluding carboxylic acids is 1. The molecule has 1 rings (SSSR count). The van der Waals surface area contributed by atoms with Gasteiger partial charge in [-0.2, -0.15) is 0 Å². The molecule has 0 saturated heterocycles. The van der Waals surface area contributed by atoms with Crippen molar-refractivity contribution < 1.29 is 4.79 Å². The Morgan fingerprint density at radius 1 is 1.43 bits per heavy atom. The largest absolute Gasteiger partial charge is 0.298 e. The molecule has 0 aliphatic carbocycles. The van der Waals surface area contributed by atoms with Gasteiger partial charge in [-0.15, -0.1) is 6.42 Å². The van der Waals surface area contributed by atoms with Crippen LogP contribution in [0.1, 0.15) is 31.2 Å². The van der Waals surface area contributed by atoms with Crippen molar-refractivity contribution in [2.24, 2.45) is 0 Å². The molecule has 1 aromatic carbocycles. The number of hydrogen-bond donors (Lipinski definition) is 0. The highest BCUT2D eigenvalue weighted by molar-refractivity contribution is 5.87. The van der Waals surface area contributed by atoms with Crippen molar-refractivity contribution in [1.29, 1.82) is 0 Å². The van der Waals surface area contributed by atoms with E-state index in [9.17, 15) is 4.79 Å². The van der Waals surface area contributed by atoms with Crippen LogP contribution < -0.4 is 0 Å². The lowest BCUT2D eigenvalue weighted by molar-refractivity contribution is -0.119. The second-order valence-corrected chi connectivity index (χ2v) is 3.22. The molecule has 0 spiro atoms. The fraction of sp³-hybridized carbons (Fsp3) is 0.308. The van der Waals surface area contributed by atoms with E-state index in [1.165, 1.54) is 0 Å². The van der Waals surface area contributed by atoms with E-state index in [0.29, 0.717) is 0 Å². The molecule has 1 unspecified atom stereocenters. The summed E-state index contributed by atoms with van der Waals surface area (Å²) in [5.41, 5.74) is 1.07. The monoisotopic (exact) mass is 186 g/mol. The van der Waals surface area contributed by atoms with Crippen molar-refractivity contribution in [1.82, 2.24) is 0 Å². The second-order valence-electron chi connectivity index (χ2n) is 3.22. The second kappa shape index (κ2) is 5.24. The predicted octanol–water partition coefficient (Wildman–Crippen LogP) is 2.77. The van der Waals surface area contributed by atoms with E-state index in [1.54, 1.807) is 0 Å². The molecule has 1 nitrogen and oxygen atoms in total. The average molecular weight is 186 g/mol. The number of hydrogen-bond acceptors (Lipinski definition) is 1. The van der Waals surface area contributed by atoms with E-state index < -0.39 is 0 Å². The number of rotatable bonds is 4. The molecule has 0 saturated carbocycles. The summed E-state index contributed by atoms with van der Waals surface area (Å²) < 4.78 is 0. The van der Waals surface area contributed by atoms with Crippen LogP contribution in [0.5, 0.6) is 0 Å². The van der Waals surface area contributed by atoms with Crippen LogP contribution in [0.2, 0.25) is 0 Å². The van der Waals surface area contributed by atoms with Crippen LogP contribution in [0.15, 0.2) is 30.3 Å². The Labute approximate surface area is 85.1 Å². The molecule has 0 bridgehead atoms. The smallest absolute Gasteiger partial charge is 0.152 e. The highest BCUT2D eigenvalue weighted by atomic mass is 16.1. The van der Waals surface area contributed by atoms with E-state index in [-0.39, 0.29) is 18.1 Å². The van der Waals surface area contributed by atoms with Gasteiger partial charge >= 0.3 is 0 Å². The molecule has 1 atom stereocenters. The van der Waals surface area contributed by atoms with Crippen LogP contribution in [0.3, 0.4) is 0 Å². The molecule has 14 heavy (non-hydrogen) atoms. The first-order valence-corrected chi connectivity index (χ1v) is 4.80. The number of ketones is 1. The summed E-state index contributed by atoms with van der Waals surface area (Å²) in [6, 6.07) is 9.79. The fourth-order valence-electron chi connectivity index (χ4n) is 1.56. The summed E-state index contributed by atoms with van der Waals surface area (Å²) in [6.45, 7) is 2.01. The normalized spacial score (nSPS) is 11.7. The van der Waals surface area contributed by atoms with Crippen LogP contribution in [-0.2, 0) is 4.79 Å². The molecular formula is C13H14O. The summed E-state index contributed by atoms with van der Waals surface area (Å²) >= 11 is 0. The lowest BCUT2D eigenvalue weighted by atomic mass is 9.91. The van der Waals surface area contributed by atoms with Gasteiger partial charge in [0.1, 0.15) is 0 Å². The van der Waals surface area contributed by atoms with Gasteiger partial charge in [0.2, 0.25) is 0 Å². The molecule has 0 N–H and O–H groups in total. The van der Waals surface area contributed by atoms with E-state index in [0.717, 1.165) is 12.0 Å². The van der Waals surface area contributed by atoms with E-state index in [2.05, 4.69) is 5.92 Å². The van der Waals surface area contributed by atoms with Crippen LogP contribution in [0, 0.1) is 12.3 Å². The highest BCUT2D eigenvalue weighted by Crippen LogP contribution is 2.21. The van der Waals surface area contributed by atoms with Gasteiger partial charge in [-0.3, -0.25) is 4.79 Å². The number of benzene rings is 1. The third kappa shape index (κ3) is 2.47. The molecule has 0 amide bonds. The fourth-order valence-corrected chi connectivity index (χ4v) is 1.56. The highest BCUT2D eigenvalue weighted by Gasteiger charge is 2.16. The third-order valence-electron chi connectivity index (χ3n) is 2.28. The van der Waals surface area contributed by atoms with Gasteiger partial charge in [0, 0.05) is 5.92 Å². The number of Topliss-reactive ketones (excluding diaryl/α,β-unsaturated/α-hetero) is 1. The molecule has 1 aromatic rings. The molecule has 0 radical (unpaired) electrons. The van der Waals surface area contributed by atoms with E-state index in [1.807, 2.05) is 37.3 Å². The lowest BCUT2D eigenvalue weighted by Crippen LogP contribution is -2.10. The van der Waals surface area contributed by atoms with Crippen LogP contribution in [-0.4, -0.2) is 5.78 Å². The Kier molecular flexibility index (Phi) is 3.94. The molecule has 0 aliphatic heterocycles. The molecule has 0 aromatic heterocycles. The SMILES string of the molecule is C#CCC(=O)C(CC)c1ccccc1. The first kappa shape index (κ1) is 10.5. The van der Waals surface area contributed by atoms with Crippen molar-refractivity contribution in [3.63, 3.8) is 0 Å². The molecule has 72 valence electrons. The number of terminal acetylenes is 1. The molecule has 0 aliphatic rings. The lowest BCUT2D eigenvalue weighted by Gasteiger charge is -2.12. The Morgan fingerprint density at radius 3 is 2.57 bits per heavy atom. The summed E-state index contributed by atoms with van der Waals surface area (Å²) in [6.07, 6.45) is 6.17. The maximum atomic E-state index is 11.6. The Bertz CT molecular complexity index is 332. The Morgan fingerprint density at radius 2 is 2.07 bits per heavy atom. The zero-order valence-corrected chi connectivity index (χ0v) is 8.36. The minimum Gasteiger partial charge on any atom is -0.298 e. The van der Waals surface area contributed by atoms with Crippen LogP contribution in [0.25, 0.3) is 0 Å². The maximum absolute atomic E-state index is 11.6. The zero-order valence-electron chi connectivity index (χ0n) is 8.36. The molecule has 0 heterocycles. The van der Waals surface area contributed by atoms with Gasteiger partial charge in [0.25, 0.3) is 0 Å². The van der Waals surface area contributed by atoms with Crippen LogP contribution >= 0.6 is 0 Å². The summed E-state index contributed by atoms with van der Waals surface area (Å²) in [4.78, 5) is 11.6. The molecule has 1 heteroatoms. The minimum atomic E-state index is -0.0350. The van der Waals surface area contributed by atoms with Gasteiger partial charge in [0.05, 0.1) is 6.42 Å². The van der Waals surface area contributed by atoms with Gasteiger partial charge in [0.15, 0.2) is 5.78 Å². The first-order chi connectivity index (χ1) is 6.79. The Balaban J connectivity index is 2.83. The van der Waals surface area contributed by atoms with Crippen molar-refractivity contribution in [3.05, 3.63) is 35.9 Å². The Hall–Kier alpha value is -1.55. The number of carbonyl (C=O) groups is 1. The van der Waals surface area contributed by atoms with Gasteiger partial charge in [-0.05, 0) is 12.0 Å². The summed E-state index contributed by atoms with van der Waals surface area (Å²) in [5, 5.41) is 0. The maximum Gasteiger partial charge on any atom is 0.152 e. The minimum absolute atomic E-state index is 0.0350. The van der Waals surface area contributed by atoms with Gasteiger partial charge in [-0.25, -0.2) is 0 Å². The van der Waals surface area contributed by atoms with Crippen molar-refractivity contribution >= 4 is 5.78 Å². The third-order valence-corrected chi connectivity index (χ3v) is 2.28. The quantitative estimate of drug-likeness (QED) is 0.661. The zero-order chi connectivity index (χ0) is 10.4. The average Bonchev–Trinajstić information content (AvgIpc) is 2.21. The van der Waals surface area contributed by atoms with Crippen LogP contribution in [0.4, 0.5) is 0 Å². The topological polar surface area (TPSA) is 17.1 Å². The van der Waals surface area contributed by atoms with Gasteiger partial charge in [-0.1, -0.05) is 43.2 Å². The first-order valence-electron chi connectivity index (χ1n) is 4.80. The summed E-state index contributed by atoms with van der Waals surface area (Å²) in [5.74, 6) is 2.51. The van der Waals surface area contributed by atoms with E-state index in [4.69, 9.17) is 6.42 Å². The van der Waals surface area contributed by atoms with Crippen molar-refractivity contribution in [2.75, 3.05) is 0 Å². The van der Waals surface area contributed by atoms with Gasteiger partial charge < -0.3 is 0 Å².